The van der Waals surface area contributed by atoms with Gasteiger partial charge in [-0.15, -0.1) is 0 Å². The van der Waals surface area contributed by atoms with Crippen molar-refractivity contribution in [2.75, 3.05) is 34.0 Å². The minimum absolute atomic E-state index is 0.113. The van der Waals surface area contributed by atoms with Crippen LogP contribution in [-0.2, 0) is 4.74 Å². The normalized spacial score (nSPS) is 12.2. The van der Waals surface area contributed by atoms with E-state index in [0.29, 0.717) is 6.61 Å². The lowest BCUT2D eigenvalue weighted by Crippen LogP contribution is -2.26. The molecule has 0 amide bonds. The second kappa shape index (κ2) is 9.61. The summed E-state index contributed by atoms with van der Waals surface area (Å²) in [5, 5.41) is 3.44. The zero-order chi connectivity index (χ0) is 14.8. The van der Waals surface area contributed by atoms with Gasteiger partial charge in [0.05, 0.1) is 26.9 Å². The van der Waals surface area contributed by atoms with Gasteiger partial charge in [-0.1, -0.05) is 20.3 Å². The van der Waals surface area contributed by atoms with Crippen molar-refractivity contribution < 1.29 is 14.2 Å². The highest BCUT2D eigenvalue weighted by molar-refractivity contribution is 5.42. The second-order valence-electron chi connectivity index (χ2n) is 4.65. The van der Waals surface area contributed by atoms with Crippen LogP contribution in [0.3, 0.4) is 0 Å². The summed E-state index contributed by atoms with van der Waals surface area (Å²) in [6, 6.07) is 5.96. The monoisotopic (exact) mass is 281 g/mol. The summed E-state index contributed by atoms with van der Waals surface area (Å²) >= 11 is 0. The number of unbranched alkanes of at least 4 members (excludes halogenated alkanes) is 1. The van der Waals surface area contributed by atoms with E-state index in [2.05, 4.69) is 19.2 Å². The molecule has 4 nitrogen and oxygen atoms in total. The third kappa shape index (κ3) is 5.02. The third-order valence-corrected chi connectivity index (χ3v) is 3.19. The molecule has 1 N–H and O–H groups in total. The predicted octanol–water partition coefficient (Wildman–Crippen LogP) is 3.17. The van der Waals surface area contributed by atoms with Crippen molar-refractivity contribution in [2.24, 2.45) is 0 Å². The van der Waals surface area contributed by atoms with E-state index < -0.39 is 0 Å². The average Bonchev–Trinajstić information content (AvgIpc) is 2.49. The highest BCUT2D eigenvalue weighted by Crippen LogP contribution is 2.29. The Morgan fingerprint density at radius 1 is 1.15 bits per heavy atom. The Morgan fingerprint density at radius 2 is 1.95 bits per heavy atom. The fourth-order valence-corrected chi connectivity index (χ4v) is 2.06. The molecule has 1 atom stereocenters. The van der Waals surface area contributed by atoms with Gasteiger partial charge in [0.25, 0.3) is 0 Å². The highest BCUT2D eigenvalue weighted by Gasteiger charge is 2.16. The molecule has 0 aliphatic rings. The largest absolute Gasteiger partial charge is 0.497 e. The Morgan fingerprint density at radius 3 is 2.55 bits per heavy atom. The molecule has 114 valence electrons. The first kappa shape index (κ1) is 16.8. The number of benzene rings is 1. The van der Waals surface area contributed by atoms with Gasteiger partial charge in [-0.05, 0) is 31.2 Å². The summed E-state index contributed by atoms with van der Waals surface area (Å²) in [5.41, 5.74) is 1.07. The van der Waals surface area contributed by atoms with E-state index in [0.717, 1.165) is 43.1 Å². The summed E-state index contributed by atoms with van der Waals surface area (Å²) < 4.78 is 16.5. The molecular weight excluding hydrogens is 254 g/mol. The number of ether oxygens (including phenoxy) is 3. The summed E-state index contributed by atoms with van der Waals surface area (Å²) in [4.78, 5) is 0. The van der Waals surface area contributed by atoms with Crippen molar-refractivity contribution in [3.8, 4) is 11.5 Å². The third-order valence-electron chi connectivity index (χ3n) is 3.19. The van der Waals surface area contributed by atoms with Crippen molar-refractivity contribution in [2.45, 2.75) is 32.7 Å². The lowest BCUT2D eigenvalue weighted by molar-refractivity contribution is 0.108. The minimum atomic E-state index is 0.113. The van der Waals surface area contributed by atoms with E-state index >= 15 is 0 Å². The molecule has 1 unspecified atom stereocenters. The Hall–Kier alpha value is -1.26. The molecule has 0 spiro atoms. The SMILES string of the molecule is CCCCOCC(NCC)c1cc(OC)ccc1OC. The molecule has 0 aliphatic carbocycles. The molecule has 0 heterocycles. The Balaban J connectivity index is 2.82. The Kier molecular flexibility index (Phi) is 8.07. The Labute approximate surface area is 122 Å². The summed E-state index contributed by atoms with van der Waals surface area (Å²) in [7, 11) is 3.36. The van der Waals surface area contributed by atoms with Gasteiger partial charge in [-0.3, -0.25) is 0 Å². The van der Waals surface area contributed by atoms with E-state index in [1.54, 1.807) is 14.2 Å². The van der Waals surface area contributed by atoms with E-state index in [-0.39, 0.29) is 6.04 Å². The fourth-order valence-electron chi connectivity index (χ4n) is 2.06. The lowest BCUT2D eigenvalue weighted by atomic mass is 10.1. The molecule has 4 heteroatoms. The van der Waals surface area contributed by atoms with Gasteiger partial charge < -0.3 is 19.5 Å². The van der Waals surface area contributed by atoms with Gasteiger partial charge in [-0.25, -0.2) is 0 Å². The van der Waals surface area contributed by atoms with Crippen molar-refractivity contribution >= 4 is 0 Å². The molecule has 0 bridgehead atoms. The molecule has 0 aliphatic heterocycles. The van der Waals surface area contributed by atoms with Gasteiger partial charge in [0, 0.05) is 12.2 Å². The standard InChI is InChI=1S/C16H27NO3/c1-5-7-10-20-12-15(17-6-2)14-11-13(18-3)8-9-16(14)19-4/h8-9,11,15,17H,5-7,10,12H2,1-4H3. The van der Waals surface area contributed by atoms with Crippen LogP contribution in [0.5, 0.6) is 11.5 Å². The maximum absolute atomic E-state index is 5.76. The number of methoxy groups -OCH3 is 2. The van der Waals surface area contributed by atoms with Crippen LogP contribution in [0.1, 0.15) is 38.3 Å². The molecule has 0 fully saturated rings. The van der Waals surface area contributed by atoms with Crippen molar-refractivity contribution in [1.82, 2.24) is 5.32 Å². The maximum Gasteiger partial charge on any atom is 0.123 e. The first-order valence-electron chi connectivity index (χ1n) is 7.29. The zero-order valence-corrected chi connectivity index (χ0v) is 13.1. The molecule has 1 aromatic carbocycles. The number of hydrogen-bond acceptors (Lipinski definition) is 4. The Bertz CT molecular complexity index is 382. The first-order chi connectivity index (χ1) is 9.76. The average molecular weight is 281 g/mol. The predicted molar refractivity (Wildman–Crippen MR) is 81.7 cm³/mol. The molecule has 20 heavy (non-hydrogen) atoms. The van der Waals surface area contributed by atoms with Crippen molar-refractivity contribution in [3.63, 3.8) is 0 Å². The van der Waals surface area contributed by atoms with Crippen molar-refractivity contribution in [3.05, 3.63) is 23.8 Å². The van der Waals surface area contributed by atoms with Gasteiger partial charge in [0.1, 0.15) is 11.5 Å². The maximum atomic E-state index is 5.76. The fraction of sp³-hybridized carbons (Fsp3) is 0.625. The van der Waals surface area contributed by atoms with Gasteiger partial charge in [-0.2, -0.15) is 0 Å². The van der Waals surface area contributed by atoms with E-state index in [9.17, 15) is 0 Å². The molecule has 0 radical (unpaired) electrons. The minimum Gasteiger partial charge on any atom is -0.497 e. The number of hydrogen-bond donors (Lipinski definition) is 1. The van der Waals surface area contributed by atoms with Crippen LogP contribution in [0.15, 0.2) is 18.2 Å². The molecule has 0 aromatic heterocycles. The molecule has 1 rings (SSSR count). The summed E-state index contributed by atoms with van der Waals surface area (Å²) in [6.45, 7) is 6.56. The summed E-state index contributed by atoms with van der Waals surface area (Å²) in [5.74, 6) is 1.69. The molecular formula is C16H27NO3. The van der Waals surface area contributed by atoms with Crippen LogP contribution in [0.2, 0.25) is 0 Å². The van der Waals surface area contributed by atoms with Crippen LogP contribution in [0.25, 0.3) is 0 Å². The zero-order valence-electron chi connectivity index (χ0n) is 13.1. The lowest BCUT2D eigenvalue weighted by Gasteiger charge is -2.21. The number of nitrogens with one attached hydrogen (secondary N) is 1. The second-order valence-corrected chi connectivity index (χ2v) is 4.65. The van der Waals surface area contributed by atoms with Gasteiger partial charge >= 0.3 is 0 Å². The quantitative estimate of drug-likeness (QED) is 0.669. The highest BCUT2D eigenvalue weighted by atomic mass is 16.5. The van der Waals surface area contributed by atoms with Crippen LogP contribution in [-0.4, -0.2) is 34.0 Å². The number of likely N-dealkylation sites (N-methyl/N-ethyl adjacent to an activating group) is 1. The molecule has 0 saturated heterocycles. The van der Waals surface area contributed by atoms with Gasteiger partial charge in [0.15, 0.2) is 0 Å². The smallest absolute Gasteiger partial charge is 0.123 e. The van der Waals surface area contributed by atoms with E-state index in [1.807, 2.05) is 18.2 Å². The summed E-state index contributed by atoms with van der Waals surface area (Å²) in [6.07, 6.45) is 2.24. The first-order valence-corrected chi connectivity index (χ1v) is 7.29. The van der Waals surface area contributed by atoms with Crippen LogP contribution in [0.4, 0.5) is 0 Å². The topological polar surface area (TPSA) is 39.7 Å². The van der Waals surface area contributed by atoms with Crippen LogP contribution < -0.4 is 14.8 Å². The van der Waals surface area contributed by atoms with Crippen molar-refractivity contribution in [1.29, 1.82) is 0 Å². The van der Waals surface area contributed by atoms with E-state index in [1.165, 1.54) is 0 Å². The molecule has 0 saturated carbocycles. The molecule has 1 aromatic rings. The number of rotatable bonds is 10. The van der Waals surface area contributed by atoms with Crippen LogP contribution >= 0.6 is 0 Å². The van der Waals surface area contributed by atoms with Crippen LogP contribution in [0, 0.1) is 0 Å². The van der Waals surface area contributed by atoms with E-state index in [4.69, 9.17) is 14.2 Å². The van der Waals surface area contributed by atoms with Gasteiger partial charge in [0.2, 0.25) is 0 Å².